The van der Waals surface area contributed by atoms with Gasteiger partial charge < -0.3 is 0 Å². The quantitative estimate of drug-likeness (QED) is 0.623. The van der Waals surface area contributed by atoms with E-state index in [1.54, 1.807) is 0 Å². The molecule has 0 aromatic heterocycles. The van der Waals surface area contributed by atoms with E-state index in [0.717, 1.165) is 14.8 Å². The summed E-state index contributed by atoms with van der Waals surface area (Å²) in [5.74, 6) is 0. The molecule has 0 fully saturated rings. The highest BCUT2D eigenvalue weighted by molar-refractivity contribution is 8.34. The van der Waals surface area contributed by atoms with Gasteiger partial charge in [-0.15, -0.1) is 0 Å². The molecule has 0 aliphatic heterocycles. The van der Waals surface area contributed by atoms with Crippen LogP contribution in [0.15, 0.2) is 30.3 Å². The molecule has 0 N–H and O–H groups in total. The predicted molar refractivity (Wildman–Crippen MR) is 48.4 cm³/mol. The van der Waals surface area contributed by atoms with Crippen LogP contribution in [-0.2, 0) is 25.3 Å². The van der Waals surface area contributed by atoms with Crippen LogP contribution in [0.3, 0.4) is 0 Å². The van der Waals surface area contributed by atoms with Gasteiger partial charge in [-0.3, -0.25) is 4.57 Å². The third-order valence-corrected chi connectivity index (χ3v) is 4.15. The summed E-state index contributed by atoms with van der Waals surface area (Å²) in [4.78, 5) is 0. The predicted octanol–water partition coefficient (Wildman–Crippen LogP) is 1.60. The lowest BCUT2D eigenvalue weighted by Gasteiger charge is -1.84. The van der Waals surface area contributed by atoms with E-state index in [0.29, 0.717) is 0 Å². The Morgan fingerprint density at radius 2 is 1.90 bits per heavy atom. The first-order chi connectivity index (χ1) is 4.84. The van der Waals surface area contributed by atoms with E-state index in [2.05, 4.69) is 11.2 Å². The molecule has 10 heavy (non-hydrogen) atoms. The van der Waals surface area contributed by atoms with Crippen LogP contribution in [0.4, 0.5) is 0 Å². The van der Waals surface area contributed by atoms with Crippen LogP contribution in [0, 0.1) is 0 Å². The Morgan fingerprint density at radius 3 is 2.40 bits per heavy atom. The Labute approximate surface area is 67.7 Å². The molecule has 1 rings (SSSR count). The lowest BCUT2D eigenvalue weighted by molar-refractivity contribution is 0.602. The summed E-state index contributed by atoms with van der Waals surface area (Å²) in [6.45, 7) is -1.39. The molecule has 0 saturated carbocycles. The van der Waals surface area contributed by atoms with Crippen molar-refractivity contribution >= 4 is 32.6 Å². The first kappa shape index (κ1) is 7.86. The van der Waals surface area contributed by atoms with Crippen LogP contribution in [0.5, 0.6) is 0 Å². The van der Waals surface area contributed by atoms with Crippen molar-refractivity contribution in [3.8, 4) is 0 Å². The maximum absolute atomic E-state index is 11.0. The smallest absolute Gasteiger partial charge is 0.197 e. The summed E-state index contributed by atoms with van der Waals surface area (Å²) < 4.78 is 11.0. The molecule has 0 bridgehead atoms. The van der Waals surface area contributed by atoms with Crippen molar-refractivity contribution in [2.75, 3.05) is 0 Å². The lowest BCUT2D eigenvalue weighted by Crippen LogP contribution is -1.87. The molecule has 52 valence electrons. The molecular weight excluding hydrogens is 183 g/mol. The molecule has 0 aliphatic carbocycles. The normalized spacial score (nSPS) is 10.6. The van der Waals surface area contributed by atoms with Crippen LogP contribution in [-0.4, -0.2) is 0 Å². The van der Waals surface area contributed by atoms with Crippen LogP contribution >= 0.6 is 6.58 Å². The van der Waals surface area contributed by atoms with Crippen molar-refractivity contribution in [1.82, 2.24) is 0 Å². The van der Waals surface area contributed by atoms with E-state index in [1.165, 1.54) is 0 Å². The zero-order valence-electron chi connectivity index (χ0n) is 5.06. The first-order valence-corrected chi connectivity index (χ1v) is 6.27. The van der Waals surface area contributed by atoms with Gasteiger partial charge in [0.2, 0.25) is 0 Å². The number of rotatable bonds is 1. The molecular formula is C6H5OPS2. The van der Waals surface area contributed by atoms with E-state index in [4.69, 9.17) is 0 Å². The number of benzene rings is 1. The van der Waals surface area contributed by atoms with Crippen molar-refractivity contribution < 1.29 is 4.57 Å². The van der Waals surface area contributed by atoms with Gasteiger partial charge in [0, 0.05) is 5.30 Å². The topological polar surface area (TPSA) is 17.1 Å². The molecule has 0 radical (unpaired) electrons. The molecule has 0 aliphatic rings. The van der Waals surface area contributed by atoms with Gasteiger partial charge in [-0.2, -0.15) is 0 Å². The average molecular weight is 188 g/mol. The third kappa shape index (κ3) is 1.87. The van der Waals surface area contributed by atoms with Gasteiger partial charge in [-0.25, -0.2) is 0 Å². The van der Waals surface area contributed by atoms with Gasteiger partial charge >= 0.3 is 0 Å². The molecule has 1 unspecified atom stereocenters. The highest BCUT2D eigenvalue weighted by Gasteiger charge is 1.88. The van der Waals surface area contributed by atoms with Gasteiger partial charge in [0.15, 0.2) is 6.58 Å². The summed E-state index contributed by atoms with van der Waals surface area (Å²) in [7, 11) is 0.970. The van der Waals surface area contributed by atoms with E-state index in [-0.39, 0.29) is 0 Å². The van der Waals surface area contributed by atoms with Gasteiger partial charge in [-0.05, 0) is 32.8 Å². The molecule has 1 nitrogen and oxygen atoms in total. The van der Waals surface area contributed by atoms with Gasteiger partial charge in [0.1, 0.15) is 0 Å². The standard InChI is InChI=1S/C6H5OPS2/c7-8(10-9)6-4-2-1-3-5-6/h1-5H. The first-order valence-electron chi connectivity index (χ1n) is 2.67. The summed E-state index contributed by atoms with van der Waals surface area (Å²) in [6, 6.07) is 9.24. The number of hydrogen-bond donors (Lipinski definition) is 0. The maximum Gasteiger partial charge on any atom is 0.197 e. The zero-order chi connectivity index (χ0) is 7.40. The second-order valence-electron chi connectivity index (χ2n) is 1.67. The minimum atomic E-state index is -1.39. The maximum atomic E-state index is 11.0. The van der Waals surface area contributed by atoms with E-state index < -0.39 is 6.58 Å². The van der Waals surface area contributed by atoms with Crippen molar-refractivity contribution in [3.05, 3.63) is 30.3 Å². The molecule has 0 saturated heterocycles. The highest BCUT2D eigenvalue weighted by Crippen LogP contribution is 2.03. The van der Waals surface area contributed by atoms with Crippen LogP contribution in [0.25, 0.3) is 0 Å². The Bertz CT molecular complexity index is 310. The van der Waals surface area contributed by atoms with E-state index in [9.17, 15) is 4.57 Å². The molecule has 0 amide bonds. The molecule has 4 heteroatoms. The second-order valence-corrected chi connectivity index (χ2v) is 5.63. The summed E-state index contributed by atoms with van der Waals surface area (Å²) in [5, 5.41) is 0.817. The van der Waals surface area contributed by atoms with Crippen molar-refractivity contribution in [2.24, 2.45) is 0 Å². The monoisotopic (exact) mass is 188 g/mol. The Kier molecular flexibility index (Phi) is 3.00. The molecule has 1 aromatic carbocycles. The molecule has 0 heterocycles. The minimum absolute atomic E-state index is 0.817. The van der Waals surface area contributed by atoms with Gasteiger partial charge in [-0.1, -0.05) is 18.2 Å². The second kappa shape index (κ2) is 3.81. The van der Waals surface area contributed by atoms with Gasteiger partial charge in [0.25, 0.3) is 0 Å². The summed E-state index contributed by atoms with van der Waals surface area (Å²) in [5.41, 5.74) is 0. The lowest BCUT2D eigenvalue weighted by atomic mass is 10.4. The SMILES string of the molecule is O=P(=S=S)c1ccccc1. The summed E-state index contributed by atoms with van der Waals surface area (Å²) in [6.07, 6.45) is 0. The summed E-state index contributed by atoms with van der Waals surface area (Å²) >= 11 is 4.59. The number of hydrogen-bond acceptors (Lipinski definition) is 2. The molecule has 1 atom stereocenters. The van der Waals surface area contributed by atoms with Crippen LogP contribution in [0.2, 0.25) is 0 Å². The minimum Gasteiger partial charge on any atom is -0.265 e. The fraction of sp³-hybridized carbons (Fsp3) is 0. The van der Waals surface area contributed by atoms with Crippen LogP contribution < -0.4 is 5.30 Å². The van der Waals surface area contributed by atoms with Crippen molar-refractivity contribution in [1.29, 1.82) is 0 Å². The van der Waals surface area contributed by atoms with Crippen molar-refractivity contribution in [3.63, 3.8) is 0 Å². The third-order valence-electron chi connectivity index (χ3n) is 1.03. The fourth-order valence-corrected chi connectivity index (χ4v) is 2.49. The fourth-order valence-electron chi connectivity index (χ4n) is 0.593. The highest BCUT2D eigenvalue weighted by atomic mass is 32.9. The van der Waals surface area contributed by atoms with E-state index in [1.807, 2.05) is 30.3 Å². The van der Waals surface area contributed by atoms with E-state index >= 15 is 0 Å². The average Bonchev–Trinajstić information content (AvgIpc) is 2.05. The zero-order valence-corrected chi connectivity index (χ0v) is 7.59. The van der Waals surface area contributed by atoms with Crippen molar-refractivity contribution in [2.45, 2.75) is 0 Å². The molecule has 1 aromatic rings. The van der Waals surface area contributed by atoms with Gasteiger partial charge in [0.05, 0.1) is 0 Å². The Morgan fingerprint density at radius 1 is 1.30 bits per heavy atom. The van der Waals surface area contributed by atoms with Crippen LogP contribution in [0.1, 0.15) is 0 Å². The molecule has 0 spiro atoms. The Balaban J connectivity index is 3.21. The largest absolute Gasteiger partial charge is 0.265 e. The Hall–Kier alpha value is -0.240.